The van der Waals surface area contributed by atoms with Gasteiger partial charge in [-0.05, 0) is 49.8 Å². The molecule has 0 N–H and O–H groups in total. The van der Waals surface area contributed by atoms with Crippen molar-refractivity contribution in [1.29, 1.82) is 5.26 Å². The fraction of sp³-hybridized carbons (Fsp3) is 0.533. The number of hydrogen-bond donors (Lipinski definition) is 0. The van der Waals surface area contributed by atoms with Gasteiger partial charge in [0, 0.05) is 5.56 Å². The molecule has 0 heterocycles. The zero-order valence-corrected chi connectivity index (χ0v) is 10.6. The number of nitrogens with zero attached hydrogens (tertiary/aromatic N) is 1. The first-order valence-electron chi connectivity index (χ1n) is 6.30. The lowest BCUT2D eigenvalue weighted by Gasteiger charge is -2.25. The highest BCUT2D eigenvalue weighted by atomic mass is 16.5. The number of ether oxygens (including phenoxy) is 1. The largest absolute Gasteiger partial charge is 0.493 e. The molecule has 0 aromatic heterocycles. The Morgan fingerprint density at radius 1 is 1.29 bits per heavy atom. The van der Waals surface area contributed by atoms with Crippen LogP contribution in [0.25, 0.3) is 0 Å². The highest BCUT2D eigenvalue weighted by Crippen LogP contribution is 2.29. The zero-order valence-electron chi connectivity index (χ0n) is 10.6. The minimum absolute atomic E-state index is 0.432. The molecule has 17 heavy (non-hydrogen) atoms. The van der Waals surface area contributed by atoms with Crippen LogP contribution in [0.4, 0.5) is 0 Å². The van der Waals surface area contributed by atoms with Gasteiger partial charge < -0.3 is 4.74 Å². The van der Waals surface area contributed by atoms with Gasteiger partial charge in [0.05, 0.1) is 19.1 Å². The Bertz CT molecular complexity index is 441. The molecule has 1 aromatic carbocycles. The lowest BCUT2D eigenvalue weighted by atomic mass is 9.86. The molecular weight excluding hydrogens is 210 g/mol. The van der Waals surface area contributed by atoms with Crippen LogP contribution in [0, 0.1) is 31.1 Å². The van der Waals surface area contributed by atoms with Gasteiger partial charge in [-0.15, -0.1) is 0 Å². The minimum Gasteiger partial charge on any atom is -0.493 e. The summed E-state index contributed by atoms with van der Waals surface area (Å²) >= 11 is 0. The molecule has 0 amide bonds. The summed E-state index contributed by atoms with van der Waals surface area (Å²) in [7, 11) is 0. The Morgan fingerprint density at radius 2 is 2.00 bits per heavy atom. The summed E-state index contributed by atoms with van der Waals surface area (Å²) in [5, 5.41) is 8.83. The van der Waals surface area contributed by atoms with Gasteiger partial charge >= 0.3 is 0 Å². The molecule has 0 saturated heterocycles. The molecule has 1 saturated carbocycles. The van der Waals surface area contributed by atoms with Crippen molar-refractivity contribution in [2.75, 3.05) is 6.61 Å². The maximum absolute atomic E-state index is 8.83. The normalized spacial score (nSPS) is 15.1. The summed E-state index contributed by atoms with van der Waals surface area (Å²) in [5.41, 5.74) is 3.48. The molecule has 0 atom stereocenters. The Labute approximate surface area is 103 Å². The first-order valence-corrected chi connectivity index (χ1v) is 6.30. The van der Waals surface area contributed by atoms with Crippen LogP contribution in [0.15, 0.2) is 12.1 Å². The van der Waals surface area contributed by atoms with E-state index in [9.17, 15) is 0 Å². The molecule has 2 nitrogen and oxygen atoms in total. The first-order chi connectivity index (χ1) is 8.20. The maximum atomic E-state index is 8.83. The summed E-state index contributed by atoms with van der Waals surface area (Å²) in [5.74, 6) is 1.63. The first kappa shape index (κ1) is 12.0. The fourth-order valence-electron chi connectivity index (χ4n) is 2.07. The molecule has 1 fully saturated rings. The third-order valence-electron chi connectivity index (χ3n) is 3.65. The van der Waals surface area contributed by atoms with E-state index in [0.29, 0.717) is 6.42 Å². The van der Waals surface area contributed by atoms with E-state index in [1.54, 1.807) is 0 Å². The van der Waals surface area contributed by atoms with Gasteiger partial charge in [-0.3, -0.25) is 0 Å². The molecule has 1 aliphatic rings. The lowest BCUT2D eigenvalue weighted by molar-refractivity contribution is 0.179. The Kier molecular flexibility index (Phi) is 3.68. The van der Waals surface area contributed by atoms with Gasteiger partial charge in [0.15, 0.2) is 0 Å². The van der Waals surface area contributed by atoms with E-state index in [2.05, 4.69) is 32.0 Å². The predicted octanol–water partition coefficient (Wildman–Crippen LogP) is 3.55. The molecule has 1 aromatic rings. The number of rotatable bonds is 4. The monoisotopic (exact) mass is 229 g/mol. The summed E-state index contributed by atoms with van der Waals surface area (Å²) in [6, 6.07) is 6.35. The van der Waals surface area contributed by atoms with Crippen molar-refractivity contribution in [1.82, 2.24) is 0 Å². The average molecular weight is 229 g/mol. The van der Waals surface area contributed by atoms with Crippen molar-refractivity contribution >= 4 is 0 Å². The minimum atomic E-state index is 0.432. The van der Waals surface area contributed by atoms with Crippen LogP contribution in [0.5, 0.6) is 5.75 Å². The standard InChI is InChI=1S/C15H19NO/c1-11-8-14(6-7-16)15(9-12(11)2)17-10-13-4-3-5-13/h8-9,13H,3-6,10H2,1-2H3. The van der Waals surface area contributed by atoms with E-state index in [1.165, 1.54) is 30.4 Å². The van der Waals surface area contributed by atoms with Crippen LogP contribution in [0.1, 0.15) is 36.0 Å². The summed E-state index contributed by atoms with van der Waals surface area (Å²) in [6.07, 6.45) is 4.35. The highest BCUT2D eigenvalue weighted by molar-refractivity contribution is 5.43. The molecule has 0 radical (unpaired) electrons. The van der Waals surface area contributed by atoms with Crippen molar-refractivity contribution in [2.45, 2.75) is 39.5 Å². The SMILES string of the molecule is Cc1cc(CC#N)c(OCC2CCC2)cc1C. The van der Waals surface area contributed by atoms with Gasteiger partial charge in [0.2, 0.25) is 0 Å². The second-order valence-electron chi connectivity index (χ2n) is 4.99. The molecular formula is C15H19NO. The van der Waals surface area contributed by atoms with Crippen LogP contribution < -0.4 is 4.74 Å². The Morgan fingerprint density at radius 3 is 2.59 bits per heavy atom. The number of aryl methyl sites for hydroxylation is 2. The number of nitriles is 1. The van der Waals surface area contributed by atoms with Crippen molar-refractivity contribution in [3.63, 3.8) is 0 Å². The van der Waals surface area contributed by atoms with Crippen LogP contribution >= 0.6 is 0 Å². The number of hydrogen-bond acceptors (Lipinski definition) is 2. The quantitative estimate of drug-likeness (QED) is 0.791. The van der Waals surface area contributed by atoms with Crippen molar-refractivity contribution in [3.05, 3.63) is 28.8 Å². The van der Waals surface area contributed by atoms with Gasteiger partial charge in [0.25, 0.3) is 0 Å². The third kappa shape index (κ3) is 2.79. The van der Waals surface area contributed by atoms with Gasteiger partial charge in [-0.2, -0.15) is 5.26 Å². The van der Waals surface area contributed by atoms with Crippen molar-refractivity contribution < 1.29 is 4.74 Å². The Balaban J connectivity index is 2.12. The molecule has 90 valence electrons. The van der Waals surface area contributed by atoms with Crippen LogP contribution in [0.2, 0.25) is 0 Å². The van der Waals surface area contributed by atoms with E-state index >= 15 is 0 Å². The van der Waals surface area contributed by atoms with Gasteiger partial charge in [0.1, 0.15) is 5.75 Å². The van der Waals surface area contributed by atoms with E-state index in [-0.39, 0.29) is 0 Å². The van der Waals surface area contributed by atoms with Crippen LogP contribution in [-0.2, 0) is 6.42 Å². The van der Waals surface area contributed by atoms with Crippen LogP contribution in [0.3, 0.4) is 0 Å². The molecule has 2 heteroatoms. The van der Waals surface area contributed by atoms with Crippen molar-refractivity contribution in [2.24, 2.45) is 5.92 Å². The summed E-state index contributed by atoms with van der Waals surface area (Å²) in [4.78, 5) is 0. The highest BCUT2D eigenvalue weighted by Gasteiger charge is 2.18. The molecule has 0 aliphatic heterocycles. The van der Waals surface area contributed by atoms with Gasteiger partial charge in [-0.25, -0.2) is 0 Å². The van der Waals surface area contributed by atoms with Gasteiger partial charge in [-0.1, -0.05) is 12.5 Å². The van der Waals surface area contributed by atoms with E-state index in [0.717, 1.165) is 23.8 Å². The van der Waals surface area contributed by atoms with Crippen molar-refractivity contribution in [3.8, 4) is 11.8 Å². The second-order valence-corrected chi connectivity index (χ2v) is 4.99. The number of benzene rings is 1. The fourth-order valence-corrected chi connectivity index (χ4v) is 2.07. The molecule has 0 unspecified atom stereocenters. The molecule has 2 rings (SSSR count). The smallest absolute Gasteiger partial charge is 0.123 e. The Hall–Kier alpha value is -1.49. The van der Waals surface area contributed by atoms with E-state index in [1.807, 2.05) is 0 Å². The predicted molar refractivity (Wildman–Crippen MR) is 68.1 cm³/mol. The summed E-state index contributed by atoms with van der Waals surface area (Å²) < 4.78 is 5.88. The summed E-state index contributed by atoms with van der Waals surface area (Å²) in [6.45, 7) is 4.97. The zero-order chi connectivity index (χ0) is 12.3. The lowest BCUT2D eigenvalue weighted by Crippen LogP contribution is -2.19. The van der Waals surface area contributed by atoms with E-state index < -0.39 is 0 Å². The average Bonchev–Trinajstić information content (AvgIpc) is 2.23. The van der Waals surface area contributed by atoms with Crippen LogP contribution in [-0.4, -0.2) is 6.61 Å². The van der Waals surface area contributed by atoms with E-state index in [4.69, 9.17) is 10.00 Å². The topological polar surface area (TPSA) is 33.0 Å². The molecule has 0 spiro atoms. The molecule has 0 bridgehead atoms. The molecule has 1 aliphatic carbocycles. The second kappa shape index (κ2) is 5.23. The maximum Gasteiger partial charge on any atom is 0.123 e. The third-order valence-corrected chi connectivity index (χ3v) is 3.65.